The molecule has 0 spiro atoms. The first-order chi connectivity index (χ1) is 10.2. The molecule has 0 aliphatic carbocycles. The Hall–Kier alpha value is -1.26. The van der Waals surface area contributed by atoms with E-state index in [-0.39, 0.29) is 0 Å². The zero-order valence-electron chi connectivity index (χ0n) is 11.7. The highest BCUT2D eigenvalue weighted by molar-refractivity contribution is 6.31. The van der Waals surface area contributed by atoms with Crippen molar-refractivity contribution in [1.29, 1.82) is 0 Å². The average Bonchev–Trinajstić information content (AvgIpc) is 2.46. The molecule has 0 aromatic heterocycles. The fourth-order valence-electron chi connectivity index (χ4n) is 1.85. The van der Waals surface area contributed by atoms with Crippen LogP contribution in [0.2, 0.25) is 10.0 Å². The lowest BCUT2D eigenvalue weighted by molar-refractivity contribution is 0.199. The second kappa shape index (κ2) is 8.25. The van der Waals surface area contributed by atoms with Gasteiger partial charge < -0.3 is 14.8 Å². The Morgan fingerprint density at radius 2 is 1.90 bits per heavy atom. The molecule has 2 aromatic rings. The summed E-state index contributed by atoms with van der Waals surface area (Å²) in [6.45, 7) is 2.01. The SMILES string of the molecule is COCCNCc1c(Cl)cccc1Oc1cccc(Cl)c1. The predicted molar refractivity (Wildman–Crippen MR) is 86.6 cm³/mol. The standard InChI is InChI=1S/C16H17Cl2NO2/c1-20-9-8-19-11-14-15(18)6-3-7-16(14)21-13-5-2-4-12(17)10-13/h2-7,10,19H,8-9,11H2,1H3. The van der Waals surface area contributed by atoms with E-state index in [2.05, 4.69) is 5.32 Å². The van der Waals surface area contributed by atoms with Crippen molar-refractivity contribution in [2.24, 2.45) is 0 Å². The van der Waals surface area contributed by atoms with Crippen LogP contribution in [0.15, 0.2) is 42.5 Å². The van der Waals surface area contributed by atoms with Gasteiger partial charge >= 0.3 is 0 Å². The minimum Gasteiger partial charge on any atom is -0.457 e. The van der Waals surface area contributed by atoms with Gasteiger partial charge in [-0.05, 0) is 30.3 Å². The van der Waals surface area contributed by atoms with Crippen LogP contribution in [0.1, 0.15) is 5.56 Å². The Morgan fingerprint density at radius 3 is 2.67 bits per heavy atom. The molecule has 2 aromatic carbocycles. The summed E-state index contributed by atoms with van der Waals surface area (Å²) in [5, 5.41) is 4.57. The number of rotatable bonds is 7. The van der Waals surface area contributed by atoms with E-state index in [1.807, 2.05) is 30.3 Å². The molecule has 0 fully saturated rings. The lowest BCUT2D eigenvalue weighted by Crippen LogP contribution is -2.19. The Kier molecular flexibility index (Phi) is 6.33. The zero-order chi connectivity index (χ0) is 15.1. The molecule has 112 valence electrons. The van der Waals surface area contributed by atoms with Gasteiger partial charge in [0.25, 0.3) is 0 Å². The fourth-order valence-corrected chi connectivity index (χ4v) is 2.26. The van der Waals surface area contributed by atoms with E-state index in [1.54, 1.807) is 19.2 Å². The van der Waals surface area contributed by atoms with Gasteiger partial charge in [-0.25, -0.2) is 0 Å². The van der Waals surface area contributed by atoms with E-state index in [0.29, 0.717) is 28.9 Å². The normalized spacial score (nSPS) is 10.6. The molecule has 0 aliphatic rings. The number of benzene rings is 2. The second-order valence-electron chi connectivity index (χ2n) is 4.45. The van der Waals surface area contributed by atoms with Crippen molar-refractivity contribution in [2.45, 2.75) is 6.54 Å². The molecule has 0 heterocycles. The number of methoxy groups -OCH3 is 1. The molecule has 0 saturated heterocycles. The lowest BCUT2D eigenvalue weighted by atomic mass is 10.2. The van der Waals surface area contributed by atoms with E-state index in [9.17, 15) is 0 Å². The summed E-state index contributed by atoms with van der Waals surface area (Å²) in [7, 11) is 1.67. The summed E-state index contributed by atoms with van der Waals surface area (Å²) >= 11 is 12.2. The van der Waals surface area contributed by atoms with Gasteiger partial charge in [0.15, 0.2) is 0 Å². The van der Waals surface area contributed by atoms with Gasteiger partial charge in [0.05, 0.1) is 6.61 Å². The zero-order valence-corrected chi connectivity index (χ0v) is 13.2. The van der Waals surface area contributed by atoms with Crippen molar-refractivity contribution in [3.63, 3.8) is 0 Å². The first-order valence-electron chi connectivity index (χ1n) is 6.61. The number of ether oxygens (including phenoxy) is 2. The van der Waals surface area contributed by atoms with Crippen molar-refractivity contribution < 1.29 is 9.47 Å². The Bertz CT molecular complexity index is 590. The van der Waals surface area contributed by atoms with Crippen LogP contribution in [0.4, 0.5) is 0 Å². The molecule has 0 saturated carbocycles. The molecule has 0 radical (unpaired) electrons. The first kappa shape index (κ1) is 16.1. The summed E-state index contributed by atoms with van der Waals surface area (Å²) in [4.78, 5) is 0. The van der Waals surface area contributed by atoms with Crippen molar-refractivity contribution in [3.8, 4) is 11.5 Å². The van der Waals surface area contributed by atoms with Crippen LogP contribution in [0.5, 0.6) is 11.5 Å². The van der Waals surface area contributed by atoms with Crippen molar-refractivity contribution >= 4 is 23.2 Å². The van der Waals surface area contributed by atoms with Gasteiger partial charge in [0.2, 0.25) is 0 Å². The largest absolute Gasteiger partial charge is 0.457 e. The Morgan fingerprint density at radius 1 is 1.10 bits per heavy atom. The minimum atomic E-state index is 0.610. The topological polar surface area (TPSA) is 30.5 Å². The van der Waals surface area contributed by atoms with Crippen LogP contribution in [0.3, 0.4) is 0 Å². The molecule has 5 heteroatoms. The van der Waals surface area contributed by atoms with Crippen LogP contribution in [0.25, 0.3) is 0 Å². The third-order valence-corrected chi connectivity index (χ3v) is 3.47. The molecule has 2 rings (SSSR count). The van der Waals surface area contributed by atoms with Gasteiger partial charge in [-0.3, -0.25) is 0 Å². The molecular formula is C16H17Cl2NO2. The minimum absolute atomic E-state index is 0.610. The van der Waals surface area contributed by atoms with E-state index in [4.69, 9.17) is 32.7 Å². The van der Waals surface area contributed by atoms with Gasteiger partial charge in [0.1, 0.15) is 11.5 Å². The van der Waals surface area contributed by atoms with E-state index < -0.39 is 0 Å². The van der Waals surface area contributed by atoms with Crippen LogP contribution in [-0.2, 0) is 11.3 Å². The van der Waals surface area contributed by atoms with Crippen LogP contribution >= 0.6 is 23.2 Å². The highest BCUT2D eigenvalue weighted by atomic mass is 35.5. The lowest BCUT2D eigenvalue weighted by Gasteiger charge is -2.13. The number of hydrogen-bond donors (Lipinski definition) is 1. The Balaban J connectivity index is 2.13. The molecule has 0 amide bonds. The predicted octanol–water partition coefficient (Wildman–Crippen LogP) is 4.52. The quantitative estimate of drug-likeness (QED) is 0.759. The summed E-state index contributed by atoms with van der Waals surface area (Å²) < 4.78 is 10.9. The molecule has 21 heavy (non-hydrogen) atoms. The number of halogens is 2. The summed E-state index contributed by atoms with van der Waals surface area (Å²) in [6.07, 6.45) is 0. The maximum Gasteiger partial charge on any atom is 0.133 e. The third-order valence-electron chi connectivity index (χ3n) is 2.88. The van der Waals surface area contributed by atoms with E-state index in [1.165, 1.54) is 0 Å². The van der Waals surface area contributed by atoms with E-state index in [0.717, 1.165) is 17.9 Å². The summed E-state index contributed by atoms with van der Waals surface area (Å²) in [5.41, 5.74) is 0.912. The second-order valence-corrected chi connectivity index (χ2v) is 5.29. The number of hydrogen-bond acceptors (Lipinski definition) is 3. The van der Waals surface area contributed by atoms with Crippen molar-refractivity contribution in [1.82, 2.24) is 5.32 Å². The maximum absolute atomic E-state index is 6.26. The monoisotopic (exact) mass is 325 g/mol. The molecule has 0 aliphatic heterocycles. The third kappa shape index (κ3) is 4.90. The maximum atomic E-state index is 6.26. The van der Waals surface area contributed by atoms with Crippen molar-refractivity contribution in [3.05, 3.63) is 58.1 Å². The molecule has 0 unspecified atom stereocenters. The van der Waals surface area contributed by atoms with Gasteiger partial charge in [-0.2, -0.15) is 0 Å². The smallest absolute Gasteiger partial charge is 0.133 e. The Labute approximate surface area is 134 Å². The number of nitrogens with one attached hydrogen (secondary N) is 1. The van der Waals surface area contributed by atoms with Gasteiger partial charge in [0, 0.05) is 35.8 Å². The van der Waals surface area contributed by atoms with E-state index >= 15 is 0 Å². The fraction of sp³-hybridized carbons (Fsp3) is 0.250. The van der Waals surface area contributed by atoms with Crippen LogP contribution in [0, 0.1) is 0 Å². The van der Waals surface area contributed by atoms with Gasteiger partial charge in [-0.1, -0.05) is 35.3 Å². The summed E-state index contributed by atoms with van der Waals surface area (Å²) in [5.74, 6) is 1.40. The molecular weight excluding hydrogens is 309 g/mol. The molecule has 0 bridgehead atoms. The summed E-state index contributed by atoms with van der Waals surface area (Å²) in [6, 6.07) is 12.9. The van der Waals surface area contributed by atoms with Crippen molar-refractivity contribution in [2.75, 3.05) is 20.3 Å². The molecule has 3 nitrogen and oxygen atoms in total. The average molecular weight is 326 g/mol. The highest BCUT2D eigenvalue weighted by Crippen LogP contribution is 2.31. The molecule has 0 atom stereocenters. The highest BCUT2D eigenvalue weighted by Gasteiger charge is 2.09. The first-order valence-corrected chi connectivity index (χ1v) is 7.37. The van der Waals surface area contributed by atoms with Gasteiger partial charge in [-0.15, -0.1) is 0 Å². The van der Waals surface area contributed by atoms with Crippen LogP contribution < -0.4 is 10.1 Å². The van der Waals surface area contributed by atoms with Crippen LogP contribution in [-0.4, -0.2) is 20.3 Å². The molecule has 1 N–H and O–H groups in total.